The Hall–Kier alpha value is -1.35. The smallest absolute Gasteiger partial charge is 0.335 e. The zero-order valence-corrected chi connectivity index (χ0v) is 11.9. The van der Waals surface area contributed by atoms with E-state index in [1.54, 1.807) is 12.1 Å². The van der Waals surface area contributed by atoms with Gasteiger partial charge in [0.1, 0.15) is 0 Å². The lowest BCUT2D eigenvalue weighted by atomic mass is 9.76. The van der Waals surface area contributed by atoms with Crippen LogP contribution in [0.25, 0.3) is 0 Å². The third kappa shape index (κ3) is 3.04. The van der Waals surface area contributed by atoms with Crippen LogP contribution in [-0.2, 0) is 6.54 Å². The summed E-state index contributed by atoms with van der Waals surface area (Å²) in [4.78, 5) is 13.4. The maximum absolute atomic E-state index is 11.0. The zero-order valence-electron chi connectivity index (χ0n) is 11.9. The molecule has 3 heteroatoms. The molecule has 2 fully saturated rings. The second-order valence-corrected chi connectivity index (χ2v) is 6.36. The quantitative estimate of drug-likeness (QED) is 0.914. The van der Waals surface area contributed by atoms with Crippen molar-refractivity contribution >= 4 is 5.97 Å². The molecule has 1 aliphatic heterocycles. The molecule has 0 bridgehead atoms. The molecule has 1 aliphatic carbocycles. The van der Waals surface area contributed by atoms with Crippen molar-refractivity contribution in [3.63, 3.8) is 0 Å². The molecule has 1 aromatic rings. The molecule has 0 radical (unpaired) electrons. The van der Waals surface area contributed by atoms with Gasteiger partial charge in [0, 0.05) is 19.6 Å². The van der Waals surface area contributed by atoms with Crippen LogP contribution in [0.2, 0.25) is 0 Å². The minimum atomic E-state index is -0.837. The summed E-state index contributed by atoms with van der Waals surface area (Å²) in [5.74, 6) is 0.999. The summed E-state index contributed by atoms with van der Waals surface area (Å²) >= 11 is 0. The van der Waals surface area contributed by atoms with Crippen molar-refractivity contribution in [1.29, 1.82) is 0 Å². The SMILES string of the molecule is O=C(O)c1cccc(CN2CC(C3CCCCC3)C2)c1. The Labute approximate surface area is 120 Å². The number of hydrogen-bond acceptors (Lipinski definition) is 2. The molecule has 0 amide bonds. The standard InChI is InChI=1S/C17H23NO2/c19-17(20)15-8-4-5-13(9-15)10-18-11-16(12-18)14-6-2-1-3-7-14/h4-5,8-9,14,16H,1-3,6-7,10-12H2,(H,19,20). The lowest BCUT2D eigenvalue weighted by Crippen LogP contribution is -2.49. The summed E-state index contributed by atoms with van der Waals surface area (Å²) in [5, 5.41) is 9.01. The normalized spacial score (nSPS) is 21.6. The number of nitrogens with zero attached hydrogens (tertiary/aromatic N) is 1. The monoisotopic (exact) mass is 273 g/mol. The van der Waals surface area contributed by atoms with Crippen LogP contribution in [0.3, 0.4) is 0 Å². The Kier molecular flexibility index (Phi) is 4.06. The molecule has 0 spiro atoms. The van der Waals surface area contributed by atoms with Gasteiger partial charge in [-0.15, -0.1) is 0 Å². The fourth-order valence-electron chi connectivity index (χ4n) is 3.70. The highest BCUT2D eigenvalue weighted by Crippen LogP contribution is 2.35. The zero-order chi connectivity index (χ0) is 13.9. The first-order chi connectivity index (χ1) is 9.72. The van der Waals surface area contributed by atoms with Crippen LogP contribution in [0.1, 0.15) is 48.0 Å². The summed E-state index contributed by atoms with van der Waals surface area (Å²) in [5.41, 5.74) is 1.51. The van der Waals surface area contributed by atoms with Gasteiger partial charge in [-0.2, -0.15) is 0 Å². The van der Waals surface area contributed by atoms with Crippen LogP contribution in [0, 0.1) is 11.8 Å². The van der Waals surface area contributed by atoms with Gasteiger partial charge in [-0.05, 0) is 29.5 Å². The largest absolute Gasteiger partial charge is 0.478 e. The van der Waals surface area contributed by atoms with Crippen molar-refractivity contribution in [1.82, 2.24) is 4.90 Å². The van der Waals surface area contributed by atoms with Crippen LogP contribution < -0.4 is 0 Å². The van der Waals surface area contributed by atoms with E-state index in [0.29, 0.717) is 5.56 Å². The van der Waals surface area contributed by atoms with E-state index in [0.717, 1.165) is 23.9 Å². The summed E-state index contributed by atoms with van der Waals surface area (Å²) in [6.07, 6.45) is 7.11. The maximum atomic E-state index is 11.0. The van der Waals surface area contributed by atoms with Crippen LogP contribution in [0.4, 0.5) is 0 Å². The van der Waals surface area contributed by atoms with E-state index in [1.807, 2.05) is 12.1 Å². The van der Waals surface area contributed by atoms with Gasteiger partial charge in [-0.1, -0.05) is 44.2 Å². The number of benzene rings is 1. The number of carbonyl (C=O) groups is 1. The Balaban J connectivity index is 1.51. The van der Waals surface area contributed by atoms with Gasteiger partial charge >= 0.3 is 5.97 Å². The van der Waals surface area contributed by atoms with Crippen molar-refractivity contribution in [3.05, 3.63) is 35.4 Å². The third-order valence-corrected chi connectivity index (χ3v) is 4.88. The van der Waals surface area contributed by atoms with Crippen LogP contribution >= 0.6 is 0 Å². The highest BCUT2D eigenvalue weighted by molar-refractivity contribution is 5.87. The Morgan fingerprint density at radius 2 is 1.90 bits per heavy atom. The number of aromatic carboxylic acids is 1. The van der Waals surface area contributed by atoms with E-state index in [-0.39, 0.29) is 0 Å². The van der Waals surface area contributed by atoms with Crippen LogP contribution in [-0.4, -0.2) is 29.1 Å². The van der Waals surface area contributed by atoms with Gasteiger partial charge in [0.2, 0.25) is 0 Å². The molecule has 1 saturated carbocycles. The second kappa shape index (κ2) is 5.96. The van der Waals surface area contributed by atoms with Crippen molar-refractivity contribution in [2.24, 2.45) is 11.8 Å². The number of rotatable bonds is 4. The molecular weight excluding hydrogens is 250 g/mol. The second-order valence-electron chi connectivity index (χ2n) is 6.36. The molecule has 1 saturated heterocycles. The summed E-state index contributed by atoms with van der Waals surface area (Å²) in [6.45, 7) is 3.29. The molecule has 3 nitrogen and oxygen atoms in total. The van der Waals surface area contributed by atoms with E-state index in [4.69, 9.17) is 5.11 Å². The highest BCUT2D eigenvalue weighted by Gasteiger charge is 2.33. The van der Waals surface area contributed by atoms with E-state index in [9.17, 15) is 4.79 Å². The molecule has 108 valence electrons. The van der Waals surface area contributed by atoms with Gasteiger partial charge in [-0.3, -0.25) is 4.90 Å². The predicted molar refractivity (Wildman–Crippen MR) is 78.7 cm³/mol. The Morgan fingerprint density at radius 1 is 1.15 bits per heavy atom. The first-order valence-electron chi connectivity index (χ1n) is 7.77. The molecule has 1 aromatic carbocycles. The van der Waals surface area contributed by atoms with Crippen molar-refractivity contribution in [2.45, 2.75) is 38.6 Å². The summed E-state index contributed by atoms with van der Waals surface area (Å²) in [7, 11) is 0. The van der Waals surface area contributed by atoms with Crippen LogP contribution in [0.15, 0.2) is 24.3 Å². The van der Waals surface area contributed by atoms with Gasteiger partial charge in [0.15, 0.2) is 0 Å². The van der Waals surface area contributed by atoms with Gasteiger partial charge < -0.3 is 5.11 Å². The van der Waals surface area contributed by atoms with E-state index in [1.165, 1.54) is 45.2 Å². The third-order valence-electron chi connectivity index (χ3n) is 4.88. The molecule has 1 N–H and O–H groups in total. The molecular formula is C17H23NO2. The number of carboxylic acid groups (broad SMARTS) is 1. The van der Waals surface area contributed by atoms with E-state index < -0.39 is 5.97 Å². The fraction of sp³-hybridized carbons (Fsp3) is 0.588. The molecule has 0 unspecified atom stereocenters. The van der Waals surface area contributed by atoms with E-state index in [2.05, 4.69) is 4.90 Å². The van der Waals surface area contributed by atoms with Crippen LogP contribution in [0.5, 0.6) is 0 Å². The molecule has 3 rings (SSSR count). The average molecular weight is 273 g/mol. The molecule has 0 atom stereocenters. The van der Waals surface area contributed by atoms with Gasteiger partial charge in [0.25, 0.3) is 0 Å². The first kappa shape index (κ1) is 13.6. The number of hydrogen-bond donors (Lipinski definition) is 1. The Bertz CT molecular complexity index is 474. The summed E-state index contributed by atoms with van der Waals surface area (Å²) < 4.78 is 0. The average Bonchev–Trinajstić information content (AvgIpc) is 2.43. The van der Waals surface area contributed by atoms with Crippen molar-refractivity contribution in [3.8, 4) is 0 Å². The fourth-order valence-corrected chi connectivity index (χ4v) is 3.70. The van der Waals surface area contributed by atoms with Crippen molar-refractivity contribution < 1.29 is 9.90 Å². The topological polar surface area (TPSA) is 40.5 Å². The highest BCUT2D eigenvalue weighted by atomic mass is 16.4. The minimum absolute atomic E-state index is 0.395. The number of carboxylic acids is 1. The predicted octanol–water partition coefficient (Wildman–Crippen LogP) is 3.40. The minimum Gasteiger partial charge on any atom is -0.478 e. The maximum Gasteiger partial charge on any atom is 0.335 e. The number of likely N-dealkylation sites (tertiary alicyclic amines) is 1. The first-order valence-corrected chi connectivity index (χ1v) is 7.77. The lowest BCUT2D eigenvalue weighted by molar-refractivity contribution is 0.0365. The Morgan fingerprint density at radius 3 is 2.60 bits per heavy atom. The molecule has 0 aromatic heterocycles. The van der Waals surface area contributed by atoms with Gasteiger partial charge in [0.05, 0.1) is 5.56 Å². The molecule has 2 aliphatic rings. The van der Waals surface area contributed by atoms with Crippen molar-refractivity contribution in [2.75, 3.05) is 13.1 Å². The summed E-state index contributed by atoms with van der Waals surface area (Å²) in [6, 6.07) is 7.33. The lowest BCUT2D eigenvalue weighted by Gasteiger charge is -2.44. The molecule has 20 heavy (non-hydrogen) atoms. The molecule has 1 heterocycles. The van der Waals surface area contributed by atoms with E-state index >= 15 is 0 Å². The van der Waals surface area contributed by atoms with Gasteiger partial charge in [-0.25, -0.2) is 4.79 Å².